The fraction of sp³-hybridized carbons (Fsp3) is 0.625. The predicted molar refractivity (Wildman–Crippen MR) is 53.3 cm³/mol. The molecule has 1 aromatic heterocycles. The summed E-state index contributed by atoms with van der Waals surface area (Å²) < 4.78 is 1.75. The molecule has 0 aromatic carbocycles. The Bertz CT molecular complexity index is 290. The van der Waals surface area contributed by atoms with Gasteiger partial charge in [0, 0.05) is 39.4 Å². The summed E-state index contributed by atoms with van der Waals surface area (Å²) in [6.45, 7) is 3.98. The Morgan fingerprint density at radius 1 is 1.46 bits per heavy atom. The third kappa shape index (κ3) is 1.78. The van der Waals surface area contributed by atoms with Crippen LogP contribution in [0.1, 0.15) is 0 Å². The lowest BCUT2D eigenvalue weighted by atomic mass is 10.3. The predicted octanol–water partition coefficient (Wildman–Crippen LogP) is 0.483. The van der Waals surface area contributed by atoms with Gasteiger partial charge in [-0.2, -0.15) is 5.10 Å². The standard InChI is InChI=1S/C8H13ClN4/c1-12-6-7(9)8(11-12)13-4-2-10-3-5-13/h6,10H,2-5H2,1H3. The summed E-state index contributed by atoms with van der Waals surface area (Å²) in [6.07, 6.45) is 1.83. The monoisotopic (exact) mass is 200 g/mol. The maximum Gasteiger partial charge on any atom is 0.169 e. The molecule has 72 valence electrons. The van der Waals surface area contributed by atoms with Crippen LogP contribution in [0.3, 0.4) is 0 Å². The summed E-state index contributed by atoms with van der Waals surface area (Å²) in [5.41, 5.74) is 0. The van der Waals surface area contributed by atoms with Crippen LogP contribution in [0.5, 0.6) is 0 Å². The Labute approximate surface area is 82.5 Å². The minimum absolute atomic E-state index is 0.740. The van der Waals surface area contributed by atoms with Crippen molar-refractivity contribution in [3.63, 3.8) is 0 Å². The summed E-state index contributed by atoms with van der Waals surface area (Å²) in [7, 11) is 1.89. The highest BCUT2D eigenvalue weighted by atomic mass is 35.5. The molecular formula is C8H13ClN4. The van der Waals surface area contributed by atoms with Crippen molar-refractivity contribution in [1.29, 1.82) is 0 Å². The van der Waals surface area contributed by atoms with Gasteiger partial charge in [-0.25, -0.2) is 0 Å². The van der Waals surface area contributed by atoms with E-state index in [-0.39, 0.29) is 0 Å². The normalized spacial score (nSPS) is 17.8. The molecule has 0 atom stereocenters. The average Bonchev–Trinajstić information content (AvgIpc) is 2.47. The number of halogens is 1. The molecule has 1 fully saturated rings. The first-order valence-corrected chi connectivity index (χ1v) is 4.80. The number of rotatable bonds is 1. The molecule has 4 nitrogen and oxygen atoms in total. The topological polar surface area (TPSA) is 33.1 Å². The first kappa shape index (κ1) is 8.84. The second-order valence-electron chi connectivity index (χ2n) is 3.21. The Balaban J connectivity index is 2.18. The van der Waals surface area contributed by atoms with Crippen molar-refractivity contribution in [1.82, 2.24) is 15.1 Å². The molecule has 0 unspecified atom stereocenters. The number of anilines is 1. The van der Waals surface area contributed by atoms with E-state index in [0.29, 0.717) is 0 Å². The minimum atomic E-state index is 0.740. The number of hydrogen-bond acceptors (Lipinski definition) is 3. The van der Waals surface area contributed by atoms with E-state index in [2.05, 4.69) is 15.3 Å². The Hall–Kier alpha value is -0.740. The first-order valence-electron chi connectivity index (χ1n) is 4.42. The van der Waals surface area contributed by atoms with Crippen LogP contribution in [0.4, 0.5) is 5.82 Å². The number of aromatic nitrogens is 2. The fourth-order valence-electron chi connectivity index (χ4n) is 1.54. The molecule has 1 N–H and O–H groups in total. The number of nitrogens with zero attached hydrogens (tertiary/aromatic N) is 3. The third-order valence-electron chi connectivity index (χ3n) is 2.18. The van der Waals surface area contributed by atoms with E-state index < -0.39 is 0 Å². The van der Waals surface area contributed by atoms with Crippen LogP contribution in [0.2, 0.25) is 5.02 Å². The van der Waals surface area contributed by atoms with Gasteiger partial charge in [-0.05, 0) is 0 Å². The fourth-order valence-corrected chi connectivity index (χ4v) is 1.84. The third-order valence-corrected chi connectivity index (χ3v) is 2.45. The van der Waals surface area contributed by atoms with Crippen molar-refractivity contribution < 1.29 is 0 Å². The summed E-state index contributed by atoms with van der Waals surface area (Å²) in [6, 6.07) is 0. The summed E-state index contributed by atoms with van der Waals surface area (Å²) >= 11 is 6.03. The van der Waals surface area contributed by atoms with Crippen LogP contribution in [-0.4, -0.2) is 36.0 Å². The van der Waals surface area contributed by atoms with Crippen LogP contribution in [0, 0.1) is 0 Å². The molecule has 0 spiro atoms. The van der Waals surface area contributed by atoms with Gasteiger partial charge in [0.15, 0.2) is 5.82 Å². The van der Waals surface area contributed by atoms with Gasteiger partial charge in [-0.1, -0.05) is 11.6 Å². The Morgan fingerprint density at radius 3 is 2.69 bits per heavy atom. The summed E-state index contributed by atoms with van der Waals surface area (Å²) in [5.74, 6) is 0.908. The molecule has 0 bridgehead atoms. The van der Waals surface area contributed by atoms with Gasteiger partial charge in [0.25, 0.3) is 0 Å². The molecule has 1 aliphatic rings. The lowest BCUT2D eigenvalue weighted by molar-refractivity contribution is 0.581. The van der Waals surface area contributed by atoms with Crippen molar-refractivity contribution >= 4 is 17.4 Å². The number of piperazine rings is 1. The molecule has 0 amide bonds. The Kier molecular flexibility index (Phi) is 2.42. The highest BCUT2D eigenvalue weighted by Crippen LogP contribution is 2.23. The highest BCUT2D eigenvalue weighted by molar-refractivity contribution is 6.32. The SMILES string of the molecule is Cn1cc(Cl)c(N2CCNCC2)n1. The molecule has 13 heavy (non-hydrogen) atoms. The zero-order chi connectivity index (χ0) is 9.26. The van der Waals surface area contributed by atoms with Gasteiger partial charge in [-0.15, -0.1) is 0 Å². The molecule has 0 saturated carbocycles. The number of nitrogens with one attached hydrogen (secondary N) is 1. The van der Waals surface area contributed by atoms with Gasteiger partial charge in [0.2, 0.25) is 0 Å². The van der Waals surface area contributed by atoms with Crippen molar-refractivity contribution in [3.05, 3.63) is 11.2 Å². The van der Waals surface area contributed by atoms with E-state index in [4.69, 9.17) is 11.6 Å². The number of aryl methyl sites for hydroxylation is 1. The lowest BCUT2D eigenvalue weighted by Crippen LogP contribution is -2.43. The highest BCUT2D eigenvalue weighted by Gasteiger charge is 2.16. The van der Waals surface area contributed by atoms with Crippen LogP contribution in [0.25, 0.3) is 0 Å². The van der Waals surface area contributed by atoms with Gasteiger partial charge in [0.1, 0.15) is 5.02 Å². The van der Waals surface area contributed by atoms with Crippen LogP contribution >= 0.6 is 11.6 Å². The van der Waals surface area contributed by atoms with E-state index in [1.807, 2.05) is 13.2 Å². The van der Waals surface area contributed by atoms with E-state index >= 15 is 0 Å². The molecule has 1 saturated heterocycles. The largest absolute Gasteiger partial charge is 0.351 e. The van der Waals surface area contributed by atoms with E-state index in [9.17, 15) is 0 Å². The van der Waals surface area contributed by atoms with Gasteiger partial charge in [-0.3, -0.25) is 4.68 Å². The van der Waals surface area contributed by atoms with E-state index in [1.165, 1.54) is 0 Å². The molecule has 1 aliphatic heterocycles. The summed E-state index contributed by atoms with van der Waals surface area (Å²) in [4.78, 5) is 2.21. The molecule has 5 heteroatoms. The Morgan fingerprint density at radius 2 is 2.15 bits per heavy atom. The zero-order valence-corrected chi connectivity index (χ0v) is 8.38. The van der Waals surface area contributed by atoms with E-state index in [0.717, 1.165) is 37.0 Å². The van der Waals surface area contributed by atoms with Gasteiger partial charge >= 0.3 is 0 Å². The van der Waals surface area contributed by atoms with Crippen LogP contribution < -0.4 is 10.2 Å². The van der Waals surface area contributed by atoms with Crippen molar-refractivity contribution in [2.45, 2.75) is 0 Å². The first-order chi connectivity index (χ1) is 6.27. The molecule has 0 aliphatic carbocycles. The van der Waals surface area contributed by atoms with Gasteiger partial charge < -0.3 is 10.2 Å². The molecular weight excluding hydrogens is 188 g/mol. The second kappa shape index (κ2) is 3.55. The number of hydrogen-bond donors (Lipinski definition) is 1. The van der Waals surface area contributed by atoms with Crippen molar-refractivity contribution in [2.75, 3.05) is 31.1 Å². The molecule has 2 rings (SSSR count). The summed E-state index contributed by atoms with van der Waals surface area (Å²) in [5, 5.41) is 8.35. The lowest BCUT2D eigenvalue weighted by Gasteiger charge is -2.27. The van der Waals surface area contributed by atoms with Crippen LogP contribution in [-0.2, 0) is 7.05 Å². The maximum atomic E-state index is 6.03. The smallest absolute Gasteiger partial charge is 0.169 e. The minimum Gasteiger partial charge on any atom is -0.351 e. The molecule has 1 aromatic rings. The van der Waals surface area contributed by atoms with Crippen molar-refractivity contribution in [3.8, 4) is 0 Å². The average molecular weight is 201 g/mol. The second-order valence-corrected chi connectivity index (χ2v) is 3.62. The van der Waals surface area contributed by atoms with Gasteiger partial charge in [0.05, 0.1) is 0 Å². The maximum absolute atomic E-state index is 6.03. The zero-order valence-electron chi connectivity index (χ0n) is 7.63. The molecule has 0 radical (unpaired) electrons. The van der Waals surface area contributed by atoms with E-state index in [1.54, 1.807) is 4.68 Å². The van der Waals surface area contributed by atoms with Crippen LogP contribution in [0.15, 0.2) is 6.20 Å². The quantitative estimate of drug-likeness (QED) is 0.716. The van der Waals surface area contributed by atoms with Crippen molar-refractivity contribution in [2.24, 2.45) is 7.05 Å². The molecule has 2 heterocycles.